The first-order valence-electron chi connectivity index (χ1n) is 7.80. The van der Waals surface area contributed by atoms with Gasteiger partial charge in [0, 0.05) is 31.8 Å². The zero-order chi connectivity index (χ0) is 18.1. The third kappa shape index (κ3) is 3.25. The minimum Gasteiger partial charge on any atom is -0.480 e. The third-order valence-corrected chi connectivity index (χ3v) is 4.66. The Morgan fingerprint density at radius 1 is 1.36 bits per heavy atom. The normalized spacial score (nSPS) is 20.0. The average molecular weight is 364 g/mol. The minimum absolute atomic E-state index is 0.211. The molecule has 132 valence electrons. The van der Waals surface area contributed by atoms with E-state index in [0.29, 0.717) is 16.3 Å². The maximum atomic E-state index is 12.9. The molecule has 1 saturated heterocycles. The van der Waals surface area contributed by atoms with Gasteiger partial charge in [-0.2, -0.15) is 5.10 Å². The summed E-state index contributed by atoms with van der Waals surface area (Å²) in [5, 5.41) is 14.2. The number of aryl methyl sites for hydroxylation is 1. The number of carboxylic acids is 1. The molecule has 0 spiro atoms. The van der Waals surface area contributed by atoms with E-state index in [4.69, 9.17) is 16.3 Å². The standard InChI is InChI=1S/C17H18ClN3O4/c1-10-8-21(13-6-4-3-5-12(13)18)19-15(10)16(22)20-9-11(25-2)7-14(20)17(23)24/h3-6,8,11,14H,7,9H2,1-2H3,(H,23,24). The first-order valence-corrected chi connectivity index (χ1v) is 8.18. The van der Waals surface area contributed by atoms with Gasteiger partial charge in [-0.25, -0.2) is 9.48 Å². The van der Waals surface area contributed by atoms with E-state index in [1.165, 1.54) is 16.7 Å². The monoisotopic (exact) mass is 363 g/mol. The summed E-state index contributed by atoms with van der Waals surface area (Å²) >= 11 is 6.18. The summed E-state index contributed by atoms with van der Waals surface area (Å²) in [6, 6.07) is 6.24. The van der Waals surface area contributed by atoms with Gasteiger partial charge in [0.05, 0.1) is 16.8 Å². The van der Waals surface area contributed by atoms with Crippen molar-refractivity contribution >= 4 is 23.5 Å². The second kappa shape index (κ2) is 6.85. The molecule has 1 aliphatic heterocycles. The van der Waals surface area contributed by atoms with Gasteiger partial charge in [0.15, 0.2) is 5.69 Å². The molecule has 25 heavy (non-hydrogen) atoms. The van der Waals surface area contributed by atoms with Crippen LogP contribution in [-0.2, 0) is 9.53 Å². The third-order valence-electron chi connectivity index (χ3n) is 4.34. The van der Waals surface area contributed by atoms with E-state index in [-0.39, 0.29) is 24.8 Å². The molecular formula is C17H18ClN3O4. The second-order valence-electron chi connectivity index (χ2n) is 5.96. The van der Waals surface area contributed by atoms with Crippen molar-refractivity contribution < 1.29 is 19.4 Å². The number of likely N-dealkylation sites (tertiary alicyclic amines) is 1. The van der Waals surface area contributed by atoms with Gasteiger partial charge in [0.25, 0.3) is 5.91 Å². The number of amides is 1. The van der Waals surface area contributed by atoms with E-state index in [1.54, 1.807) is 31.3 Å². The van der Waals surface area contributed by atoms with Crippen LogP contribution in [0.4, 0.5) is 0 Å². The number of carbonyl (C=O) groups excluding carboxylic acids is 1. The van der Waals surface area contributed by atoms with Crippen molar-refractivity contribution in [3.63, 3.8) is 0 Å². The molecule has 3 rings (SSSR count). The largest absolute Gasteiger partial charge is 0.480 e. The average Bonchev–Trinajstić information content (AvgIpc) is 3.18. The number of carbonyl (C=O) groups is 2. The van der Waals surface area contributed by atoms with Gasteiger partial charge in [0.2, 0.25) is 0 Å². The van der Waals surface area contributed by atoms with Crippen LogP contribution >= 0.6 is 11.6 Å². The van der Waals surface area contributed by atoms with Crippen molar-refractivity contribution in [1.29, 1.82) is 0 Å². The highest BCUT2D eigenvalue weighted by Gasteiger charge is 2.41. The Balaban J connectivity index is 1.93. The lowest BCUT2D eigenvalue weighted by molar-refractivity contribution is -0.141. The number of ether oxygens (including phenoxy) is 1. The van der Waals surface area contributed by atoms with E-state index < -0.39 is 17.9 Å². The van der Waals surface area contributed by atoms with Gasteiger partial charge in [-0.3, -0.25) is 4.79 Å². The van der Waals surface area contributed by atoms with Crippen LogP contribution < -0.4 is 0 Å². The van der Waals surface area contributed by atoms with Crippen LogP contribution in [0, 0.1) is 6.92 Å². The van der Waals surface area contributed by atoms with Crippen LogP contribution in [0.5, 0.6) is 0 Å². The number of rotatable bonds is 4. The highest BCUT2D eigenvalue weighted by molar-refractivity contribution is 6.32. The fourth-order valence-corrected chi connectivity index (χ4v) is 3.22. The van der Waals surface area contributed by atoms with Gasteiger partial charge in [-0.15, -0.1) is 0 Å². The molecule has 0 saturated carbocycles. The Kier molecular flexibility index (Phi) is 4.78. The Morgan fingerprint density at radius 2 is 2.08 bits per heavy atom. The first-order chi connectivity index (χ1) is 11.9. The van der Waals surface area contributed by atoms with Crippen molar-refractivity contribution in [2.45, 2.75) is 25.5 Å². The van der Waals surface area contributed by atoms with Crippen molar-refractivity contribution in [2.24, 2.45) is 0 Å². The predicted molar refractivity (Wildman–Crippen MR) is 91.2 cm³/mol. The molecule has 0 radical (unpaired) electrons. The summed E-state index contributed by atoms with van der Waals surface area (Å²) in [6.45, 7) is 1.98. The molecule has 1 fully saturated rings. The number of aromatic nitrogens is 2. The fourth-order valence-electron chi connectivity index (χ4n) is 3.00. The number of para-hydroxylation sites is 1. The molecule has 0 bridgehead atoms. The molecule has 1 aromatic carbocycles. The number of aliphatic carboxylic acids is 1. The molecule has 2 atom stereocenters. The van der Waals surface area contributed by atoms with Crippen LogP contribution in [0.15, 0.2) is 30.5 Å². The minimum atomic E-state index is -1.05. The maximum absolute atomic E-state index is 12.9. The number of hydrogen-bond donors (Lipinski definition) is 1. The van der Waals surface area contributed by atoms with E-state index in [0.717, 1.165) is 0 Å². The highest BCUT2D eigenvalue weighted by atomic mass is 35.5. The van der Waals surface area contributed by atoms with Crippen molar-refractivity contribution in [2.75, 3.05) is 13.7 Å². The van der Waals surface area contributed by atoms with Crippen LogP contribution in [0.1, 0.15) is 22.5 Å². The molecule has 7 nitrogen and oxygen atoms in total. The zero-order valence-corrected chi connectivity index (χ0v) is 14.6. The molecule has 1 amide bonds. The topological polar surface area (TPSA) is 84.7 Å². The lowest BCUT2D eigenvalue weighted by atomic mass is 10.2. The number of halogens is 1. The SMILES string of the molecule is COC1CC(C(=O)O)N(C(=O)c2nn(-c3ccccc3Cl)cc2C)C1. The Morgan fingerprint density at radius 3 is 2.72 bits per heavy atom. The first kappa shape index (κ1) is 17.4. The Hall–Kier alpha value is -2.38. The molecule has 0 aliphatic carbocycles. The van der Waals surface area contributed by atoms with Gasteiger partial charge in [-0.05, 0) is 19.1 Å². The highest BCUT2D eigenvalue weighted by Crippen LogP contribution is 2.25. The molecule has 1 aliphatic rings. The zero-order valence-electron chi connectivity index (χ0n) is 13.8. The maximum Gasteiger partial charge on any atom is 0.326 e. The summed E-state index contributed by atoms with van der Waals surface area (Å²) in [7, 11) is 1.51. The molecular weight excluding hydrogens is 346 g/mol. The lowest BCUT2D eigenvalue weighted by Gasteiger charge is -2.20. The number of benzene rings is 1. The quantitative estimate of drug-likeness (QED) is 0.899. The van der Waals surface area contributed by atoms with Gasteiger partial charge in [-0.1, -0.05) is 23.7 Å². The van der Waals surface area contributed by atoms with Crippen LogP contribution in [0.2, 0.25) is 5.02 Å². The summed E-state index contributed by atoms with van der Waals surface area (Å²) < 4.78 is 6.76. The molecule has 2 heterocycles. The Bertz CT molecular complexity index is 820. The second-order valence-corrected chi connectivity index (χ2v) is 6.37. The number of hydrogen-bond acceptors (Lipinski definition) is 4. The molecule has 2 aromatic rings. The van der Waals surface area contributed by atoms with Gasteiger partial charge >= 0.3 is 5.97 Å². The number of nitrogens with zero attached hydrogens (tertiary/aromatic N) is 3. The number of carboxylic acid groups (broad SMARTS) is 1. The van der Waals surface area contributed by atoms with Gasteiger partial charge in [0.1, 0.15) is 6.04 Å². The molecule has 1 aromatic heterocycles. The van der Waals surface area contributed by atoms with Gasteiger partial charge < -0.3 is 14.7 Å². The number of methoxy groups -OCH3 is 1. The van der Waals surface area contributed by atoms with E-state index in [1.807, 2.05) is 6.07 Å². The van der Waals surface area contributed by atoms with E-state index in [2.05, 4.69) is 5.10 Å². The van der Waals surface area contributed by atoms with Crippen LogP contribution in [0.25, 0.3) is 5.69 Å². The van der Waals surface area contributed by atoms with E-state index >= 15 is 0 Å². The van der Waals surface area contributed by atoms with E-state index in [9.17, 15) is 14.7 Å². The fraction of sp³-hybridized carbons (Fsp3) is 0.353. The predicted octanol–water partition coefficient (Wildman–Crippen LogP) is 2.15. The van der Waals surface area contributed by atoms with Crippen molar-refractivity contribution in [1.82, 2.24) is 14.7 Å². The molecule has 2 unspecified atom stereocenters. The summed E-state index contributed by atoms with van der Waals surface area (Å²) in [5.41, 5.74) is 1.51. The smallest absolute Gasteiger partial charge is 0.326 e. The Labute approximate surface area is 149 Å². The molecule has 1 N–H and O–H groups in total. The summed E-state index contributed by atoms with van der Waals surface area (Å²) in [5.74, 6) is -1.47. The van der Waals surface area contributed by atoms with Crippen molar-refractivity contribution in [3.8, 4) is 5.69 Å². The molecule has 8 heteroatoms. The van der Waals surface area contributed by atoms with Crippen LogP contribution in [-0.4, -0.2) is 57.5 Å². The summed E-state index contributed by atoms with van der Waals surface area (Å²) in [4.78, 5) is 25.7. The lowest BCUT2D eigenvalue weighted by Crippen LogP contribution is -2.41. The van der Waals surface area contributed by atoms with Crippen molar-refractivity contribution in [3.05, 3.63) is 46.7 Å². The van der Waals surface area contributed by atoms with Crippen LogP contribution in [0.3, 0.4) is 0 Å². The summed E-state index contributed by atoms with van der Waals surface area (Å²) in [6.07, 6.45) is 1.67.